The molecule has 1 aromatic carbocycles. The van der Waals surface area contributed by atoms with E-state index in [1.54, 1.807) is 24.3 Å². The normalized spacial score (nSPS) is 23.8. The average Bonchev–Trinajstić information content (AvgIpc) is 2.66. The van der Waals surface area contributed by atoms with Crippen LogP contribution in [0.2, 0.25) is 5.02 Å². The number of carbonyl (C=O) groups is 2. The van der Waals surface area contributed by atoms with Gasteiger partial charge < -0.3 is 15.4 Å². The fourth-order valence-electron chi connectivity index (χ4n) is 4.14. The number of benzene rings is 1. The van der Waals surface area contributed by atoms with E-state index in [0.29, 0.717) is 35.6 Å². The quantitative estimate of drug-likeness (QED) is 0.761. The molecule has 0 aliphatic heterocycles. The smallest absolute Gasteiger partial charge is 0.270 e. The van der Waals surface area contributed by atoms with Gasteiger partial charge in [0.1, 0.15) is 17.5 Å². The Morgan fingerprint density at radius 2 is 1.93 bits per heavy atom. The van der Waals surface area contributed by atoms with E-state index in [4.69, 9.17) is 21.6 Å². The van der Waals surface area contributed by atoms with Crippen molar-refractivity contribution in [2.45, 2.75) is 37.3 Å². The van der Waals surface area contributed by atoms with Gasteiger partial charge in [-0.1, -0.05) is 11.6 Å². The summed E-state index contributed by atoms with van der Waals surface area (Å²) in [7, 11) is 0. The van der Waals surface area contributed by atoms with Crippen LogP contribution in [0.15, 0.2) is 36.5 Å². The summed E-state index contributed by atoms with van der Waals surface area (Å²) in [5.74, 6) is 0.139. The lowest BCUT2D eigenvalue weighted by molar-refractivity contribution is -0.141. The second kappa shape index (κ2) is 7.05. The van der Waals surface area contributed by atoms with Crippen LogP contribution < -0.4 is 15.4 Å². The first-order valence-corrected chi connectivity index (χ1v) is 9.59. The van der Waals surface area contributed by atoms with Gasteiger partial charge in [0.15, 0.2) is 6.61 Å². The number of hydrogen-bond acceptors (Lipinski definition) is 5. The molecule has 148 valence electrons. The molecule has 29 heavy (non-hydrogen) atoms. The van der Waals surface area contributed by atoms with Crippen LogP contribution in [-0.2, 0) is 4.79 Å². The highest BCUT2D eigenvalue weighted by molar-refractivity contribution is 6.31. The first kappa shape index (κ1) is 19.2. The predicted molar refractivity (Wildman–Crippen MR) is 106 cm³/mol. The third kappa shape index (κ3) is 3.76. The summed E-state index contributed by atoms with van der Waals surface area (Å²) in [4.78, 5) is 28.6. The highest BCUT2D eigenvalue weighted by Crippen LogP contribution is 2.60. The fraction of sp³-hybridized carbons (Fsp3) is 0.333. The number of nitrogens with zero attached hydrogens (tertiary/aromatic N) is 2. The molecule has 3 saturated carbocycles. The molecule has 0 atom stereocenters. The number of rotatable bonds is 6. The molecule has 2 N–H and O–H groups in total. The summed E-state index contributed by atoms with van der Waals surface area (Å²) in [6.07, 6.45) is 3.44. The Labute approximate surface area is 173 Å². The second-order valence-electron chi connectivity index (χ2n) is 7.84. The Kier molecular flexibility index (Phi) is 4.67. The molecular formula is C21H19ClN4O3. The summed E-state index contributed by atoms with van der Waals surface area (Å²) in [5, 5.41) is 15.5. The van der Waals surface area contributed by atoms with E-state index in [1.165, 1.54) is 12.3 Å². The number of nitriles is 1. The number of pyridine rings is 1. The van der Waals surface area contributed by atoms with E-state index < -0.39 is 0 Å². The summed E-state index contributed by atoms with van der Waals surface area (Å²) < 4.78 is 5.53. The van der Waals surface area contributed by atoms with Gasteiger partial charge in [0, 0.05) is 22.3 Å². The Morgan fingerprint density at radius 3 is 2.55 bits per heavy atom. The lowest BCUT2D eigenvalue weighted by Crippen LogP contribution is -2.84. The molecule has 2 bridgehead atoms. The third-order valence-electron chi connectivity index (χ3n) is 5.44. The minimum absolute atomic E-state index is 0.0721. The van der Waals surface area contributed by atoms with E-state index in [-0.39, 0.29) is 35.2 Å². The first-order chi connectivity index (χ1) is 13.8. The fourth-order valence-corrected chi connectivity index (χ4v) is 4.26. The van der Waals surface area contributed by atoms with Gasteiger partial charge in [-0.3, -0.25) is 9.59 Å². The molecule has 3 aliphatic carbocycles. The van der Waals surface area contributed by atoms with Crippen molar-refractivity contribution in [1.29, 1.82) is 5.26 Å². The van der Waals surface area contributed by atoms with E-state index in [0.717, 1.165) is 5.56 Å². The molecule has 2 aromatic rings. The van der Waals surface area contributed by atoms with Gasteiger partial charge in [0.05, 0.1) is 5.56 Å². The average molecular weight is 411 g/mol. The molecule has 1 heterocycles. The summed E-state index contributed by atoms with van der Waals surface area (Å²) >= 11 is 5.98. The van der Waals surface area contributed by atoms with E-state index in [1.807, 2.05) is 13.0 Å². The first-order valence-electron chi connectivity index (χ1n) is 9.21. The van der Waals surface area contributed by atoms with Crippen LogP contribution in [0.3, 0.4) is 0 Å². The van der Waals surface area contributed by atoms with Crippen LogP contribution in [-0.4, -0.2) is 34.5 Å². The van der Waals surface area contributed by atoms with Gasteiger partial charge >= 0.3 is 0 Å². The van der Waals surface area contributed by atoms with Crippen molar-refractivity contribution in [1.82, 2.24) is 15.6 Å². The molecule has 3 fully saturated rings. The van der Waals surface area contributed by atoms with Crippen LogP contribution >= 0.6 is 11.6 Å². The summed E-state index contributed by atoms with van der Waals surface area (Å²) in [5.41, 5.74) is 1.03. The number of aryl methyl sites for hydroxylation is 1. The predicted octanol–water partition coefficient (Wildman–Crippen LogP) is 2.52. The SMILES string of the molecule is Cc1cc(OCC(=O)NC23CC(NC(=O)c4ccc(C#N)cn4)(C2)C3)ccc1Cl. The summed E-state index contributed by atoms with van der Waals surface area (Å²) in [6.45, 7) is 1.80. The van der Waals surface area contributed by atoms with Gasteiger partial charge in [-0.15, -0.1) is 0 Å². The van der Waals surface area contributed by atoms with Crippen molar-refractivity contribution in [3.05, 3.63) is 58.4 Å². The van der Waals surface area contributed by atoms with Crippen molar-refractivity contribution >= 4 is 23.4 Å². The number of halogens is 1. The lowest BCUT2D eigenvalue weighted by atomic mass is 9.44. The van der Waals surface area contributed by atoms with Crippen LogP contribution in [0.4, 0.5) is 0 Å². The Hall–Kier alpha value is -3.11. The molecule has 5 rings (SSSR count). The van der Waals surface area contributed by atoms with Gasteiger partial charge in [-0.25, -0.2) is 4.98 Å². The molecule has 3 aliphatic rings. The number of carbonyl (C=O) groups excluding carboxylic acids is 2. The minimum Gasteiger partial charge on any atom is -0.484 e. The number of ether oxygens (including phenoxy) is 1. The topological polar surface area (TPSA) is 104 Å². The zero-order valence-electron chi connectivity index (χ0n) is 15.8. The molecule has 1 aromatic heterocycles. The Morgan fingerprint density at radius 1 is 1.21 bits per heavy atom. The molecule has 0 spiro atoms. The largest absolute Gasteiger partial charge is 0.484 e. The van der Waals surface area contributed by atoms with Crippen LogP contribution in [0, 0.1) is 18.3 Å². The standard InChI is InChI=1S/C21H19ClN4O3/c1-13-6-15(3-4-16(13)22)29-9-18(27)25-20-10-21(11-20,12-20)26-19(28)17-5-2-14(7-23)8-24-17/h2-6,8H,9-12H2,1H3,(H,25,27)(H,26,28). The van der Waals surface area contributed by atoms with Gasteiger partial charge in [0.25, 0.3) is 11.8 Å². The van der Waals surface area contributed by atoms with Gasteiger partial charge in [0.2, 0.25) is 0 Å². The zero-order chi connectivity index (χ0) is 20.6. The van der Waals surface area contributed by atoms with E-state index in [2.05, 4.69) is 15.6 Å². The van der Waals surface area contributed by atoms with Crippen LogP contribution in [0.5, 0.6) is 5.75 Å². The summed E-state index contributed by atoms with van der Waals surface area (Å²) in [6, 6.07) is 10.3. The maximum Gasteiger partial charge on any atom is 0.270 e. The molecule has 7 nitrogen and oxygen atoms in total. The van der Waals surface area contributed by atoms with Crippen molar-refractivity contribution in [2.75, 3.05) is 6.61 Å². The third-order valence-corrected chi connectivity index (χ3v) is 5.86. The van der Waals surface area contributed by atoms with Gasteiger partial charge in [-0.05, 0) is 62.1 Å². The van der Waals surface area contributed by atoms with E-state index >= 15 is 0 Å². The van der Waals surface area contributed by atoms with Crippen molar-refractivity contribution in [3.8, 4) is 11.8 Å². The molecule has 2 amide bonds. The van der Waals surface area contributed by atoms with Crippen molar-refractivity contribution in [2.24, 2.45) is 0 Å². The maximum absolute atomic E-state index is 12.3. The number of nitrogens with one attached hydrogen (secondary N) is 2. The van der Waals surface area contributed by atoms with Crippen LogP contribution in [0.1, 0.15) is 40.9 Å². The van der Waals surface area contributed by atoms with E-state index in [9.17, 15) is 9.59 Å². The number of amides is 2. The highest BCUT2D eigenvalue weighted by Gasteiger charge is 2.69. The van der Waals surface area contributed by atoms with Crippen molar-refractivity contribution < 1.29 is 14.3 Å². The van der Waals surface area contributed by atoms with Gasteiger partial charge in [-0.2, -0.15) is 5.26 Å². The number of hydrogen-bond donors (Lipinski definition) is 2. The van der Waals surface area contributed by atoms with Crippen LogP contribution in [0.25, 0.3) is 0 Å². The zero-order valence-corrected chi connectivity index (χ0v) is 16.5. The molecule has 8 heteroatoms. The van der Waals surface area contributed by atoms with Crippen molar-refractivity contribution in [3.63, 3.8) is 0 Å². The Balaban J connectivity index is 1.24. The molecular weight excluding hydrogens is 392 g/mol. The molecule has 0 saturated heterocycles. The number of aromatic nitrogens is 1. The second-order valence-corrected chi connectivity index (χ2v) is 8.24. The molecule has 0 unspecified atom stereocenters. The monoisotopic (exact) mass is 410 g/mol. The minimum atomic E-state index is -0.284. The maximum atomic E-state index is 12.3. The molecule has 0 radical (unpaired) electrons. The lowest BCUT2D eigenvalue weighted by Gasteiger charge is -2.70. The highest BCUT2D eigenvalue weighted by atomic mass is 35.5. The Bertz CT molecular complexity index is 1010.